The number of furan rings is 2. The molecule has 2 heterocycles. The summed E-state index contributed by atoms with van der Waals surface area (Å²) in [6, 6.07) is 39.4. The van der Waals surface area contributed by atoms with Gasteiger partial charge in [0.15, 0.2) is 0 Å². The summed E-state index contributed by atoms with van der Waals surface area (Å²) >= 11 is 0. The third-order valence-corrected chi connectivity index (χ3v) is 9.17. The van der Waals surface area contributed by atoms with Crippen LogP contribution in [0.5, 0.6) is 0 Å². The van der Waals surface area contributed by atoms with Gasteiger partial charge in [-0.25, -0.2) is 0 Å². The van der Waals surface area contributed by atoms with Gasteiger partial charge in [-0.3, -0.25) is 0 Å². The zero-order valence-electron chi connectivity index (χ0n) is 26.7. The minimum atomic E-state index is 0.775. The first-order valence-electron chi connectivity index (χ1n) is 16.3. The third kappa shape index (κ3) is 5.28. The van der Waals surface area contributed by atoms with Crippen molar-refractivity contribution in [2.24, 2.45) is 0 Å². The van der Waals surface area contributed by atoms with Crippen LogP contribution in [0.25, 0.3) is 73.6 Å². The summed E-state index contributed by atoms with van der Waals surface area (Å²) in [4.78, 5) is 0. The Morgan fingerprint density at radius 3 is 2.06 bits per heavy atom. The van der Waals surface area contributed by atoms with Crippen LogP contribution < -0.4 is 20.9 Å². The Labute approximate surface area is 279 Å². The Morgan fingerprint density at radius 2 is 1.27 bits per heavy atom. The highest BCUT2D eigenvalue weighted by molar-refractivity contribution is 6.12. The Morgan fingerprint density at radius 1 is 0.604 bits per heavy atom. The first-order chi connectivity index (χ1) is 23.5. The predicted octanol–water partition coefficient (Wildman–Crippen LogP) is 9.37. The molecular formula is C46H34O2. The molecule has 5 aromatic carbocycles. The van der Waals surface area contributed by atoms with Crippen molar-refractivity contribution in [3.8, 4) is 11.3 Å². The van der Waals surface area contributed by atoms with Gasteiger partial charge >= 0.3 is 0 Å². The van der Waals surface area contributed by atoms with Crippen molar-refractivity contribution >= 4 is 62.3 Å². The second-order valence-electron chi connectivity index (χ2n) is 12.2. The number of benzene rings is 5. The number of hydrogen-bond donors (Lipinski definition) is 0. The second kappa shape index (κ2) is 12.2. The van der Waals surface area contributed by atoms with E-state index < -0.39 is 0 Å². The van der Waals surface area contributed by atoms with Crippen molar-refractivity contribution in [3.05, 3.63) is 185 Å². The van der Waals surface area contributed by atoms with Crippen LogP contribution in [-0.4, -0.2) is 0 Å². The minimum absolute atomic E-state index is 0.775. The molecule has 0 unspecified atom stereocenters. The molecule has 0 fully saturated rings. The molecule has 0 saturated heterocycles. The van der Waals surface area contributed by atoms with E-state index in [0.717, 1.165) is 106 Å². The van der Waals surface area contributed by atoms with Gasteiger partial charge in [0, 0.05) is 21.7 Å². The molecule has 0 spiro atoms. The van der Waals surface area contributed by atoms with Gasteiger partial charge in [0.25, 0.3) is 0 Å². The molecule has 2 aromatic heterocycles. The molecule has 0 radical (unpaired) electrons. The van der Waals surface area contributed by atoms with Gasteiger partial charge in [-0.15, -0.1) is 0 Å². The summed E-state index contributed by atoms with van der Waals surface area (Å²) in [5, 5.41) is 7.38. The lowest BCUT2D eigenvalue weighted by Gasteiger charge is -2.14. The van der Waals surface area contributed by atoms with E-state index in [2.05, 4.69) is 110 Å². The smallest absolute Gasteiger partial charge is 0.136 e. The predicted molar refractivity (Wildman–Crippen MR) is 203 cm³/mol. The molecule has 0 amide bonds. The highest BCUT2D eigenvalue weighted by atomic mass is 16.3. The number of para-hydroxylation sites is 2. The van der Waals surface area contributed by atoms with Gasteiger partial charge in [0.1, 0.15) is 22.5 Å². The molecule has 0 atom stereocenters. The van der Waals surface area contributed by atoms with Gasteiger partial charge < -0.3 is 8.83 Å². The number of fused-ring (bicyclic) bond motifs is 5. The fraction of sp³-hybridized carbons (Fsp3) is 0.0435. The maximum absolute atomic E-state index is 6.48. The lowest BCUT2D eigenvalue weighted by atomic mass is 9.89. The largest absolute Gasteiger partial charge is 0.456 e. The Balaban J connectivity index is 1.42. The molecule has 7 aromatic rings. The van der Waals surface area contributed by atoms with Crippen LogP contribution in [0.2, 0.25) is 0 Å². The van der Waals surface area contributed by atoms with E-state index in [1.165, 1.54) is 0 Å². The topological polar surface area (TPSA) is 26.3 Å². The zero-order valence-corrected chi connectivity index (χ0v) is 26.7. The lowest BCUT2D eigenvalue weighted by Crippen LogP contribution is -2.29. The van der Waals surface area contributed by atoms with Crippen LogP contribution in [-0.2, 0) is 0 Å². The van der Waals surface area contributed by atoms with Gasteiger partial charge in [-0.05, 0) is 98.0 Å². The van der Waals surface area contributed by atoms with Gasteiger partial charge in [0.05, 0.1) is 0 Å². The third-order valence-electron chi connectivity index (χ3n) is 9.17. The van der Waals surface area contributed by atoms with Crippen molar-refractivity contribution in [2.75, 3.05) is 0 Å². The van der Waals surface area contributed by atoms with Crippen molar-refractivity contribution in [1.29, 1.82) is 0 Å². The Hall–Kier alpha value is -6.12. The van der Waals surface area contributed by atoms with Crippen LogP contribution >= 0.6 is 0 Å². The highest BCUT2D eigenvalue weighted by Gasteiger charge is 2.19. The summed E-state index contributed by atoms with van der Waals surface area (Å²) in [6.07, 6.45) is 12.9. The summed E-state index contributed by atoms with van der Waals surface area (Å²) in [7, 11) is 0. The Kier molecular flexibility index (Phi) is 7.47. The van der Waals surface area contributed by atoms with Gasteiger partial charge in [-0.2, -0.15) is 0 Å². The van der Waals surface area contributed by atoms with Crippen LogP contribution in [0.1, 0.15) is 18.4 Å². The molecule has 0 aliphatic heterocycles. The van der Waals surface area contributed by atoms with Gasteiger partial charge in [0.2, 0.25) is 0 Å². The fourth-order valence-electron chi connectivity index (χ4n) is 6.70. The van der Waals surface area contributed by atoms with Crippen molar-refractivity contribution < 1.29 is 8.83 Å². The maximum Gasteiger partial charge on any atom is 0.136 e. The molecule has 1 aliphatic carbocycles. The van der Waals surface area contributed by atoms with Crippen LogP contribution in [0.4, 0.5) is 0 Å². The molecule has 2 nitrogen and oxygen atoms in total. The van der Waals surface area contributed by atoms with Crippen molar-refractivity contribution in [2.45, 2.75) is 12.8 Å². The van der Waals surface area contributed by atoms with E-state index in [4.69, 9.17) is 15.4 Å². The number of hydrogen-bond acceptors (Lipinski definition) is 2. The SMILES string of the molecule is C=C(/C=c1/ccccc1=C)C1=c2\cccc\c2=C(C(=C)c2cc3c(cc2-c2cc4ccccc4o2)oc2ccccc23)\C=C\CC\C=C\1. The molecule has 1 aliphatic rings. The molecule has 2 heteroatoms. The first-order valence-corrected chi connectivity index (χ1v) is 16.3. The molecule has 0 N–H and O–H groups in total. The number of rotatable bonds is 5. The lowest BCUT2D eigenvalue weighted by molar-refractivity contribution is 0.630. The van der Waals surface area contributed by atoms with E-state index in [1.807, 2.05) is 48.5 Å². The molecular weight excluding hydrogens is 585 g/mol. The molecule has 8 rings (SSSR count). The summed E-state index contributed by atoms with van der Waals surface area (Å²) in [6.45, 7) is 13.6. The van der Waals surface area contributed by atoms with Crippen molar-refractivity contribution in [1.82, 2.24) is 0 Å². The monoisotopic (exact) mass is 618 g/mol. The normalized spacial score (nSPS) is 17.4. The fourth-order valence-corrected chi connectivity index (χ4v) is 6.70. The summed E-state index contributed by atoms with van der Waals surface area (Å²) < 4.78 is 12.8. The molecule has 230 valence electrons. The average molecular weight is 619 g/mol. The van der Waals surface area contributed by atoms with E-state index in [0.29, 0.717) is 0 Å². The highest BCUT2D eigenvalue weighted by Crippen LogP contribution is 2.40. The average Bonchev–Trinajstić information content (AvgIpc) is 3.71. The Bertz CT molecular complexity index is 2690. The first kappa shape index (κ1) is 29.3. The molecule has 0 bridgehead atoms. The summed E-state index contributed by atoms with van der Waals surface area (Å²) in [5.74, 6) is 0.775. The zero-order chi connectivity index (χ0) is 32.6. The standard InChI is InChI=1S/C46H34O2/c1-30-16-8-9-17-33(30)26-31(2)35-19-6-4-5-7-20-36(38-22-12-11-21-37(35)38)32(3)40-28-41-39-23-13-15-25-44(39)48-46(41)29-42(40)45-27-34-18-10-14-24-43(34)47-45/h6-29H,1-5H2/b19-6+,20-7+,33-26-,37-35+,38-36+. The van der Waals surface area contributed by atoms with Crippen LogP contribution in [0.15, 0.2) is 167 Å². The molecule has 48 heavy (non-hydrogen) atoms. The van der Waals surface area contributed by atoms with Crippen LogP contribution in [0, 0.1) is 0 Å². The second-order valence-corrected chi connectivity index (χ2v) is 12.2. The molecule has 0 saturated carbocycles. The van der Waals surface area contributed by atoms with E-state index in [-0.39, 0.29) is 0 Å². The summed E-state index contributed by atoms with van der Waals surface area (Å²) in [5.41, 5.74) is 8.40. The quantitative estimate of drug-likeness (QED) is 0.192. The van der Waals surface area contributed by atoms with Gasteiger partial charge in [-0.1, -0.05) is 129 Å². The minimum Gasteiger partial charge on any atom is -0.456 e. The maximum atomic E-state index is 6.48. The van der Waals surface area contributed by atoms with Crippen molar-refractivity contribution in [3.63, 3.8) is 0 Å². The van der Waals surface area contributed by atoms with E-state index >= 15 is 0 Å². The van der Waals surface area contributed by atoms with Crippen LogP contribution in [0.3, 0.4) is 0 Å². The van der Waals surface area contributed by atoms with E-state index in [9.17, 15) is 0 Å². The number of allylic oxidation sites excluding steroid dienone is 6. The van der Waals surface area contributed by atoms with E-state index in [1.54, 1.807) is 0 Å².